The van der Waals surface area contributed by atoms with Crippen molar-refractivity contribution in [1.82, 2.24) is 4.90 Å². The standard InChI is InChI=1S/C19H19N3O2/c1-24-18-8-4-16(5-9-18)19(23)22-12-10-21(11-13-22)17-6-2-15(14-20)3-7-17/h2-9H,10-13H2,1H3. The first-order valence-electron chi connectivity index (χ1n) is 7.89. The van der Waals surface area contributed by atoms with Crippen molar-refractivity contribution in [3.8, 4) is 11.8 Å². The molecule has 5 heteroatoms. The topological polar surface area (TPSA) is 56.6 Å². The predicted octanol–water partition coefficient (Wildman–Crippen LogP) is 2.53. The minimum absolute atomic E-state index is 0.0529. The lowest BCUT2D eigenvalue weighted by Crippen LogP contribution is -2.48. The molecular weight excluding hydrogens is 302 g/mol. The number of methoxy groups -OCH3 is 1. The molecule has 2 aromatic carbocycles. The fraction of sp³-hybridized carbons (Fsp3) is 0.263. The quantitative estimate of drug-likeness (QED) is 0.872. The van der Waals surface area contributed by atoms with E-state index >= 15 is 0 Å². The van der Waals surface area contributed by atoms with Crippen molar-refractivity contribution in [2.45, 2.75) is 0 Å². The van der Waals surface area contributed by atoms with E-state index in [0.29, 0.717) is 24.2 Å². The van der Waals surface area contributed by atoms with Crippen LogP contribution in [0.2, 0.25) is 0 Å². The number of hydrogen-bond acceptors (Lipinski definition) is 4. The Kier molecular flexibility index (Phi) is 4.66. The monoisotopic (exact) mass is 321 g/mol. The van der Waals surface area contributed by atoms with Crippen LogP contribution < -0.4 is 9.64 Å². The number of ether oxygens (including phenoxy) is 1. The number of amides is 1. The van der Waals surface area contributed by atoms with Crippen molar-refractivity contribution in [3.05, 3.63) is 59.7 Å². The third-order valence-corrected chi connectivity index (χ3v) is 4.27. The van der Waals surface area contributed by atoms with Gasteiger partial charge in [0.25, 0.3) is 5.91 Å². The summed E-state index contributed by atoms with van der Waals surface area (Å²) in [6.45, 7) is 2.94. The second-order valence-electron chi connectivity index (χ2n) is 5.67. The van der Waals surface area contributed by atoms with Gasteiger partial charge in [-0.2, -0.15) is 5.26 Å². The maximum atomic E-state index is 12.6. The van der Waals surface area contributed by atoms with Crippen molar-refractivity contribution in [3.63, 3.8) is 0 Å². The molecule has 0 N–H and O–H groups in total. The average molecular weight is 321 g/mol. The van der Waals surface area contributed by atoms with E-state index in [1.807, 2.05) is 29.2 Å². The van der Waals surface area contributed by atoms with Gasteiger partial charge in [0.1, 0.15) is 5.75 Å². The number of carbonyl (C=O) groups excluding carboxylic acids is 1. The van der Waals surface area contributed by atoms with Crippen LogP contribution in [0.5, 0.6) is 5.75 Å². The number of nitrogens with zero attached hydrogens (tertiary/aromatic N) is 3. The first-order chi connectivity index (χ1) is 11.7. The number of anilines is 1. The summed E-state index contributed by atoms with van der Waals surface area (Å²) in [7, 11) is 1.61. The summed E-state index contributed by atoms with van der Waals surface area (Å²) in [5, 5.41) is 8.86. The second-order valence-corrected chi connectivity index (χ2v) is 5.67. The minimum atomic E-state index is 0.0529. The molecule has 1 aliphatic rings. The normalized spacial score (nSPS) is 14.2. The Hall–Kier alpha value is -3.00. The van der Waals surface area contributed by atoms with Gasteiger partial charge >= 0.3 is 0 Å². The molecule has 0 unspecified atom stereocenters. The minimum Gasteiger partial charge on any atom is -0.497 e. The molecule has 0 saturated carbocycles. The van der Waals surface area contributed by atoms with E-state index in [4.69, 9.17) is 10.00 Å². The number of nitriles is 1. The van der Waals surface area contributed by atoms with E-state index in [0.717, 1.165) is 24.5 Å². The highest BCUT2D eigenvalue weighted by atomic mass is 16.5. The van der Waals surface area contributed by atoms with Crippen molar-refractivity contribution in [2.24, 2.45) is 0 Å². The molecule has 2 aromatic rings. The highest BCUT2D eigenvalue weighted by Gasteiger charge is 2.22. The molecule has 5 nitrogen and oxygen atoms in total. The van der Waals surface area contributed by atoms with Gasteiger partial charge in [-0.3, -0.25) is 4.79 Å². The molecule has 24 heavy (non-hydrogen) atoms. The molecule has 0 atom stereocenters. The number of piperazine rings is 1. The molecule has 1 fully saturated rings. The molecule has 1 heterocycles. The Morgan fingerprint density at radius 1 is 1.00 bits per heavy atom. The molecule has 0 bridgehead atoms. The zero-order chi connectivity index (χ0) is 16.9. The van der Waals surface area contributed by atoms with Gasteiger partial charge in [0.15, 0.2) is 0 Å². The fourth-order valence-corrected chi connectivity index (χ4v) is 2.83. The maximum absolute atomic E-state index is 12.6. The third kappa shape index (κ3) is 3.33. The van der Waals surface area contributed by atoms with Crippen molar-refractivity contribution in [2.75, 3.05) is 38.2 Å². The highest BCUT2D eigenvalue weighted by Crippen LogP contribution is 2.19. The van der Waals surface area contributed by atoms with Crippen LogP contribution in [0.15, 0.2) is 48.5 Å². The number of benzene rings is 2. The van der Waals surface area contributed by atoms with Crippen LogP contribution in [0, 0.1) is 11.3 Å². The van der Waals surface area contributed by atoms with Crippen LogP contribution in [0.3, 0.4) is 0 Å². The predicted molar refractivity (Wildman–Crippen MR) is 92.3 cm³/mol. The summed E-state index contributed by atoms with van der Waals surface area (Å²) in [5.41, 5.74) is 2.43. The van der Waals surface area contributed by atoms with Crippen LogP contribution in [0.25, 0.3) is 0 Å². The van der Waals surface area contributed by atoms with Gasteiger partial charge in [0.05, 0.1) is 18.7 Å². The van der Waals surface area contributed by atoms with Gasteiger partial charge in [0.2, 0.25) is 0 Å². The van der Waals surface area contributed by atoms with Crippen LogP contribution in [-0.4, -0.2) is 44.1 Å². The average Bonchev–Trinajstić information content (AvgIpc) is 2.68. The van der Waals surface area contributed by atoms with Crippen molar-refractivity contribution in [1.29, 1.82) is 5.26 Å². The summed E-state index contributed by atoms with van der Waals surface area (Å²) < 4.78 is 5.12. The SMILES string of the molecule is COc1ccc(C(=O)N2CCN(c3ccc(C#N)cc3)CC2)cc1. The van der Waals surface area contributed by atoms with Crippen LogP contribution in [0.1, 0.15) is 15.9 Å². The van der Waals surface area contributed by atoms with Crippen molar-refractivity contribution >= 4 is 11.6 Å². The Labute approximate surface area is 141 Å². The molecule has 0 radical (unpaired) electrons. The Balaban J connectivity index is 1.61. The van der Waals surface area contributed by atoms with E-state index in [-0.39, 0.29) is 5.91 Å². The van der Waals surface area contributed by atoms with E-state index in [9.17, 15) is 4.79 Å². The zero-order valence-electron chi connectivity index (χ0n) is 13.6. The third-order valence-electron chi connectivity index (χ3n) is 4.27. The summed E-state index contributed by atoms with van der Waals surface area (Å²) >= 11 is 0. The fourth-order valence-electron chi connectivity index (χ4n) is 2.83. The molecule has 3 rings (SSSR count). The summed E-state index contributed by atoms with van der Waals surface area (Å²) in [4.78, 5) is 16.7. The summed E-state index contributed by atoms with van der Waals surface area (Å²) in [6.07, 6.45) is 0. The largest absolute Gasteiger partial charge is 0.497 e. The van der Waals surface area contributed by atoms with E-state index < -0.39 is 0 Å². The summed E-state index contributed by atoms with van der Waals surface area (Å²) in [5.74, 6) is 0.800. The van der Waals surface area contributed by atoms with Gasteiger partial charge in [-0.05, 0) is 48.5 Å². The van der Waals surface area contributed by atoms with Crippen LogP contribution in [-0.2, 0) is 0 Å². The van der Waals surface area contributed by atoms with E-state index in [2.05, 4.69) is 11.0 Å². The molecule has 1 saturated heterocycles. The molecule has 0 spiro atoms. The molecule has 1 aliphatic heterocycles. The second kappa shape index (κ2) is 7.05. The van der Waals surface area contributed by atoms with Crippen molar-refractivity contribution < 1.29 is 9.53 Å². The zero-order valence-corrected chi connectivity index (χ0v) is 13.6. The lowest BCUT2D eigenvalue weighted by molar-refractivity contribution is 0.0747. The Bertz CT molecular complexity index is 740. The molecule has 1 amide bonds. The van der Waals surface area contributed by atoms with Gasteiger partial charge in [-0.25, -0.2) is 0 Å². The number of carbonyl (C=O) groups is 1. The first kappa shape index (κ1) is 15.9. The number of rotatable bonds is 3. The molecule has 0 aromatic heterocycles. The lowest BCUT2D eigenvalue weighted by Gasteiger charge is -2.36. The first-order valence-corrected chi connectivity index (χ1v) is 7.89. The van der Waals surface area contributed by atoms with Gasteiger partial charge < -0.3 is 14.5 Å². The van der Waals surface area contributed by atoms with Gasteiger partial charge in [-0.15, -0.1) is 0 Å². The van der Waals surface area contributed by atoms with Gasteiger partial charge in [0, 0.05) is 37.4 Å². The maximum Gasteiger partial charge on any atom is 0.253 e. The highest BCUT2D eigenvalue weighted by molar-refractivity contribution is 5.94. The van der Waals surface area contributed by atoms with Gasteiger partial charge in [-0.1, -0.05) is 0 Å². The van der Waals surface area contributed by atoms with Crippen LogP contribution >= 0.6 is 0 Å². The van der Waals surface area contributed by atoms with E-state index in [1.54, 1.807) is 31.4 Å². The Morgan fingerprint density at radius 2 is 1.62 bits per heavy atom. The number of hydrogen-bond donors (Lipinski definition) is 0. The molecular formula is C19H19N3O2. The molecule has 122 valence electrons. The summed E-state index contributed by atoms with van der Waals surface area (Å²) in [6, 6.07) is 16.9. The lowest BCUT2D eigenvalue weighted by atomic mass is 10.1. The van der Waals surface area contributed by atoms with E-state index in [1.165, 1.54) is 0 Å². The molecule has 0 aliphatic carbocycles. The smallest absolute Gasteiger partial charge is 0.253 e. The Morgan fingerprint density at radius 3 is 2.17 bits per heavy atom. The van der Waals surface area contributed by atoms with Crippen LogP contribution in [0.4, 0.5) is 5.69 Å².